The van der Waals surface area contributed by atoms with Gasteiger partial charge in [-0.1, -0.05) is 103 Å². The molecule has 46 heavy (non-hydrogen) atoms. The highest BCUT2D eigenvalue weighted by molar-refractivity contribution is 5.87. The zero-order chi connectivity index (χ0) is 30.7. The minimum atomic E-state index is 0.694. The van der Waals surface area contributed by atoms with E-state index in [1.54, 1.807) is 12.4 Å². The summed E-state index contributed by atoms with van der Waals surface area (Å²) in [6, 6.07) is 51.5. The van der Waals surface area contributed by atoms with Crippen LogP contribution in [0.25, 0.3) is 78.6 Å². The second-order valence-electron chi connectivity index (χ2n) is 11.0. The van der Waals surface area contributed by atoms with Crippen molar-refractivity contribution in [3.63, 3.8) is 0 Å². The number of pyridine rings is 3. The minimum absolute atomic E-state index is 0.694. The number of hydrogen-bond donors (Lipinski definition) is 0. The average Bonchev–Trinajstić information content (AvgIpc) is 3.15. The van der Waals surface area contributed by atoms with Gasteiger partial charge in [0.05, 0.1) is 34.2 Å². The van der Waals surface area contributed by atoms with Crippen LogP contribution in [0.2, 0.25) is 0 Å². The molecule has 5 heteroatoms. The van der Waals surface area contributed by atoms with Crippen molar-refractivity contribution in [2.75, 3.05) is 0 Å². The minimum Gasteiger partial charge on any atom is -0.255 e. The summed E-state index contributed by atoms with van der Waals surface area (Å²) in [7, 11) is 0. The van der Waals surface area contributed by atoms with Gasteiger partial charge < -0.3 is 0 Å². The average molecular weight is 590 g/mol. The molecule has 0 bridgehead atoms. The second-order valence-corrected chi connectivity index (χ2v) is 11.0. The molecule has 0 spiro atoms. The topological polar surface area (TPSA) is 64.5 Å². The maximum atomic E-state index is 5.03. The lowest BCUT2D eigenvalue weighted by atomic mass is 9.99. The van der Waals surface area contributed by atoms with Crippen molar-refractivity contribution < 1.29 is 0 Å². The Morgan fingerprint density at radius 1 is 0.283 bits per heavy atom. The van der Waals surface area contributed by atoms with E-state index in [0.29, 0.717) is 5.82 Å². The zero-order valence-electron chi connectivity index (χ0n) is 24.8. The summed E-state index contributed by atoms with van der Waals surface area (Å²) in [5.74, 6) is 0.694. The highest BCUT2D eigenvalue weighted by atomic mass is 14.9. The molecule has 216 valence electrons. The fourth-order valence-corrected chi connectivity index (χ4v) is 5.63. The predicted octanol–water partition coefficient (Wildman–Crippen LogP) is 9.82. The molecule has 0 N–H and O–H groups in total. The number of fused-ring (bicyclic) bond motifs is 1. The molecule has 4 heterocycles. The third-order valence-corrected chi connectivity index (χ3v) is 8.00. The lowest BCUT2D eigenvalue weighted by molar-refractivity contribution is 1.18. The molecular weight excluding hydrogens is 562 g/mol. The van der Waals surface area contributed by atoms with Gasteiger partial charge in [0.1, 0.15) is 0 Å². The first kappa shape index (κ1) is 27.2. The molecule has 8 rings (SSSR count). The summed E-state index contributed by atoms with van der Waals surface area (Å²) in [5, 5.41) is 2.38. The van der Waals surface area contributed by atoms with Crippen molar-refractivity contribution in [1.29, 1.82) is 0 Å². The predicted molar refractivity (Wildman–Crippen MR) is 186 cm³/mol. The Morgan fingerprint density at radius 3 is 1.50 bits per heavy atom. The largest absolute Gasteiger partial charge is 0.255 e. The Balaban J connectivity index is 1.22. The number of rotatable bonds is 6. The summed E-state index contributed by atoms with van der Waals surface area (Å²) in [5.41, 5.74) is 10.1. The Kier molecular flexibility index (Phi) is 7.09. The normalized spacial score (nSPS) is 11.0. The van der Waals surface area contributed by atoms with E-state index in [9.17, 15) is 0 Å². The SMILES string of the molecule is c1ccc(-c2nc(-c3ccc(-c4cc(-c5ccccn5)nc(-c5ccccn5)c4)cc3)cc(-c3ccc4ccccc4c3)n2)cc1. The molecule has 0 atom stereocenters. The lowest BCUT2D eigenvalue weighted by Crippen LogP contribution is -1.96. The first-order valence-electron chi connectivity index (χ1n) is 15.2. The second kappa shape index (κ2) is 12.0. The van der Waals surface area contributed by atoms with E-state index in [-0.39, 0.29) is 0 Å². The standard InChI is InChI=1S/C41H27N5/c1-2-11-31(12-3-1)41-45-37(27-38(46-41)33-21-18-28-10-4-5-13-32(28)24-33)30-19-16-29(17-20-30)34-25-39(35-14-6-8-22-42-35)44-40(26-34)36-15-7-9-23-43-36/h1-27H. The van der Waals surface area contributed by atoms with Gasteiger partial charge in [0, 0.05) is 29.1 Å². The Morgan fingerprint density at radius 2 is 0.848 bits per heavy atom. The van der Waals surface area contributed by atoms with Crippen molar-refractivity contribution >= 4 is 10.8 Å². The van der Waals surface area contributed by atoms with Crippen molar-refractivity contribution in [2.45, 2.75) is 0 Å². The van der Waals surface area contributed by atoms with Crippen molar-refractivity contribution in [3.05, 3.63) is 164 Å². The van der Waals surface area contributed by atoms with Crippen LogP contribution >= 0.6 is 0 Å². The van der Waals surface area contributed by atoms with E-state index in [1.807, 2.05) is 66.7 Å². The van der Waals surface area contributed by atoms with Gasteiger partial charge in [-0.3, -0.25) is 9.97 Å². The highest BCUT2D eigenvalue weighted by Gasteiger charge is 2.13. The molecule has 0 aliphatic carbocycles. The Labute approximate surface area is 267 Å². The van der Waals surface area contributed by atoms with E-state index < -0.39 is 0 Å². The van der Waals surface area contributed by atoms with Gasteiger partial charge in [-0.2, -0.15) is 0 Å². The van der Waals surface area contributed by atoms with Gasteiger partial charge >= 0.3 is 0 Å². The number of aromatic nitrogens is 5. The van der Waals surface area contributed by atoms with Gasteiger partial charge in [0.2, 0.25) is 0 Å². The lowest BCUT2D eigenvalue weighted by Gasteiger charge is -2.12. The first-order valence-corrected chi connectivity index (χ1v) is 15.2. The highest BCUT2D eigenvalue weighted by Crippen LogP contribution is 2.33. The molecule has 0 unspecified atom stereocenters. The smallest absolute Gasteiger partial charge is 0.160 e. The summed E-state index contributed by atoms with van der Waals surface area (Å²) >= 11 is 0. The van der Waals surface area contributed by atoms with Crippen molar-refractivity contribution in [3.8, 4) is 67.8 Å². The monoisotopic (exact) mass is 589 g/mol. The number of benzene rings is 4. The van der Waals surface area contributed by atoms with Crippen LogP contribution in [0.5, 0.6) is 0 Å². The number of nitrogens with zero attached hydrogens (tertiary/aromatic N) is 5. The summed E-state index contributed by atoms with van der Waals surface area (Å²) in [6.45, 7) is 0. The molecule has 0 aliphatic heterocycles. The van der Waals surface area contributed by atoms with Crippen LogP contribution in [0, 0.1) is 0 Å². The van der Waals surface area contributed by atoms with E-state index >= 15 is 0 Å². The van der Waals surface area contributed by atoms with E-state index in [1.165, 1.54) is 10.8 Å². The van der Waals surface area contributed by atoms with Gasteiger partial charge in [0.25, 0.3) is 0 Å². The zero-order valence-corrected chi connectivity index (χ0v) is 24.8. The molecule has 0 amide bonds. The van der Waals surface area contributed by atoms with E-state index in [4.69, 9.17) is 15.0 Å². The molecule has 4 aromatic carbocycles. The summed E-state index contributed by atoms with van der Waals surface area (Å²) < 4.78 is 0. The van der Waals surface area contributed by atoms with Crippen LogP contribution in [0.1, 0.15) is 0 Å². The van der Waals surface area contributed by atoms with Crippen LogP contribution in [-0.4, -0.2) is 24.9 Å². The maximum Gasteiger partial charge on any atom is 0.160 e. The molecule has 0 fully saturated rings. The van der Waals surface area contributed by atoms with Crippen LogP contribution in [0.4, 0.5) is 0 Å². The van der Waals surface area contributed by atoms with E-state index in [2.05, 4.69) is 94.9 Å². The third kappa shape index (κ3) is 5.53. The van der Waals surface area contributed by atoms with Crippen molar-refractivity contribution in [1.82, 2.24) is 24.9 Å². The molecule has 0 saturated heterocycles. The molecule has 0 radical (unpaired) electrons. The van der Waals surface area contributed by atoms with Crippen LogP contribution in [0.15, 0.2) is 164 Å². The summed E-state index contributed by atoms with van der Waals surface area (Å²) in [4.78, 5) is 24.1. The van der Waals surface area contributed by atoms with Gasteiger partial charge in [0.15, 0.2) is 5.82 Å². The first-order chi connectivity index (χ1) is 22.8. The third-order valence-electron chi connectivity index (χ3n) is 8.00. The van der Waals surface area contributed by atoms with Crippen LogP contribution < -0.4 is 0 Å². The molecule has 0 saturated carbocycles. The van der Waals surface area contributed by atoms with Crippen LogP contribution in [-0.2, 0) is 0 Å². The fraction of sp³-hybridized carbons (Fsp3) is 0. The maximum absolute atomic E-state index is 5.03. The molecule has 5 nitrogen and oxygen atoms in total. The molecule has 0 aliphatic rings. The molecular formula is C41H27N5. The molecule has 8 aromatic rings. The van der Waals surface area contributed by atoms with Gasteiger partial charge in [-0.25, -0.2) is 15.0 Å². The summed E-state index contributed by atoms with van der Waals surface area (Å²) in [6.07, 6.45) is 3.58. The Bertz CT molecular complexity index is 2230. The van der Waals surface area contributed by atoms with Gasteiger partial charge in [-0.05, 0) is 70.4 Å². The Hall–Kier alpha value is -6.33. The van der Waals surface area contributed by atoms with Crippen LogP contribution in [0.3, 0.4) is 0 Å². The quantitative estimate of drug-likeness (QED) is 0.193. The van der Waals surface area contributed by atoms with Gasteiger partial charge in [-0.15, -0.1) is 0 Å². The fourth-order valence-electron chi connectivity index (χ4n) is 5.63. The number of hydrogen-bond acceptors (Lipinski definition) is 5. The van der Waals surface area contributed by atoms with Crippen molar-refractivity contribution in [2.24, 2.45) is 0 Å². The molecule has 4 aromatic heterocycles. The van der Waals surface area contributed by atoms with E-state index in [0.717, 1.165) is 62.0 Å².